The van der Waals surface area contributed by atoms with Crippen LogP contribution in [0, 0.1) is 0 Å². The molecule has 0 amide bonds. The second kappa shape index (κ2) is 3.71. The van der Waals surface area contributed by atoms with Gasteiger partial charge in [-0.05, 0) is 19.1 Å². The smallest absolute Gasteiger partial charge is 0.255 e. The van der Waals surface area contributed by atoms with Crippen LogP contribution in [-0.2, 0) is 0 Å². The molecule has 5 heteroatoms. The van der Waals surface area contributed by atoms with Gasteiger partial charge in [0.2, 0.25) is 5.82 Å². The first kappa shape index (κ1) is 10.0. The van der Waals surface area contributed by atoms with E-state index >= 15 is 0 Å². The number of fused-ring (bicyclic) bond motifs is 1. The van der Waals surface area contributed by atoms with Gasteiger partial charge < -0.3 is 14.0 Å². The third-order valence-corrected chi connectivity index (χ3v) is 2.45. The van der Waals surface area contributed by atoms with Crippen molar-refractivity contribution in [1.82, 2.24) is 10.1 Å². The Balaban J connectivity index is 2.07. The van der Waals surface area contributed by atoms with Crippen LogP contribution in [0.15, 0.2) is 39.3 Å². The van der Waals surface area contributed by atoms with Crippen molar-refractivity contribution in [2.24, 2.45) is 0 Å². The van der Waals surface area contributed by atoms with E-state index in [-0.39, 0.29) is 5.89 Å². The summed E-state index contributed by atoms with van der Waals surface area (Å²) in [6.07, 6.45) is -0.777. The summed E-state index contributed by atoms with van der Waals surface area (Å²) in [6, 6.07) is 9.48. The van der Waals surface area contributed by atoms with E-state index in [1.165, 1.54) is 0 Å². The normalized spacial score (nSPS) is 13.1. The monoisotopic (exact) mass is 230 g/mol. The van der Waals surface area contributed by atoms with Crippen molar-refractivity contribution in [2.45, 2.75) is 13.0 Å². The molecule has 86 valence electrons. The van der Waals surface area contributed by atoms with Crippen molar-refractivity contribution in [1.29, 1.82) is 0 Å². The van der Waals surface area contributed by atoms with Gasteiger partial charge in [0, 0.05) is 5.39 Å². The van der Waals surface area contributed by atoms with Gasteiger partial charge in [-0.1, -0.05) is 23.4 Å². The van der Waals surface area contributed by atoms with Crippen LogP contribution >= 0.6 is 0 Å². The summed E-state index contributed by atoms with van der Waals surface area (Å²) in [5.41, 5.74) is 0.769. The molecule has 0 aliphatic rings. The third-order valence-electron chi connectivity index (χ3n) is 2.45. The Labute approximate surface area is 96.7 Å². The van der Waals surface area contributed by atoms with E-state index in [2.05, 4.69) is 10.1 Å². The van der Waals surface area contributed by atoms with E-state index in [1.54, 1.807) is 6.92 Å². The van der Waals surface area contributed by atoms with Gasteiger partial charge in [-0.25, -0.2) is 0 Å². The minimum Gasteiger partial charge on any atom is -0.453 e. The summed E-state index contributed by atoms with van der Waals surface area (Å²) in [4.78, 5) is 4.05. The lowest BCUT2D eigenvalue weighted by Crippen LogP contribution is -1.89. The summed E-state index contributed by atoms with van der Waals surface area (Å²) in [5, 5.41) is 14.0. The minimum absolute atomic E-state index is 0.181. The van der Waals surface area contributed by atoms with E-state index in [0.717, 1.165) is 11.0 Å². The molecule has 1 aromatic carbocycles. The van der Waals surface area contributed by atoms with Crippen LogP contribution in [-0.4, -0.2) is 15.2 Å². The maximum atomic E-state index is 9.30. The molecule has 0 bridgehead atoms. The third kappa shape index (κ3) is 1.70. The van der Waals surface area contributed by atoms with Crippen molar-refractivity contribution in [2.75, 3.05) is 0 Å². The molecule has 0 radical (unpaired) electrons. The highest BCUT2D eigenvalue weighted by atomic mass is 16.5. The summed E-state index contributed by atoms with van der Waals surface area (Å²) < 4.78 is 10.5. The van der Waals surface area contributed by atoms with E-state index in [0.29, 0.717) is 11.6 Å². The minimum atomic E-state index is -0.777. The van der Waals surface area contributed by atoms with Crippen molar-refractivity contribution in [3.63, 3.8) is 0 Å². The molecule has 5 nitrogen and oxygen atoms in total. The van der Waals surface area contributed by atoms with Crippen LogP contribution < -0.4 is 0 Å². The molecule has 0 aliphatic carbocycles. The Morgan fingerprint density at radius 1 is 1.29 bits per heavy atom. The first-order chi connectivity index (χ1) is 8.24. The quantitative estimate of drug-likeness (QED) is 0.732. The molecule has 3 rings (SSSR count). The number of furan rings is 1. The standard InChI is InChI=1S/C12H10N2O3/c1-7(15)12-13-11(14-17-12)10-6-8-4-2-3-5-9(8)16-10/h2-7,15H,1H3. The first-order valence-electron chi connectivity index (χ1n) is 5.24. The zero-order chi connectivity index (χ0) is 11.8. The first-order valence-corrected chi connectivity index (χ1v) is 5.24. The lowest BCUT2D eigenvalue weighted by atomic mass is 10.2. The Morgan fingerprint density at radius 3 is 2.82 bits per heavy atom. The Bertz CT molecular complexity index is 621. The number of benzene rings is 1. The number of para-hydroxylation sites is 1. The molecule has 0 aliphatic heterocycles. The van der Waals surface area contributed by atoms with Gasteiger partial charge in [-0.15, -0.1) is 0 Å². The predicted octanol–water partition coefficient (Wildman–Crippen LogP) is 2.54. The molecule has 0 spiro atoms. The predicted molar refractivity (Wildman–Crippen MR) is 60.1 cm³/mol. The van der Waals surface area contributed by atoms with Crippen LogP contribution in [0.3, 0.4) is 0 Å². The van der Waals surface area contributed by atoms with Crippen molar-refractivity contribution >= 4 is 11.0 Å². The number of hydrogen-bond acceptors (Lipinski definition) is 5. The zero-order valence-corrected chi connectivity index (χ0v) is 9.12. The number of rotatable bonds is 2. The fourth-order valence-corrected chi connectivity index (χ4v) is 1.60. The summed E-state index contributed by atoms with van der Waals surface area (Å²) >= 11 is 0. The lowest BCUT2D eigenvalue weighted by molar-refractivity contribution is 0.152. The van der Waals surface area contributed by atoms with Crippen LogP contribution in [0.1, 0.15) is 18.9 Å². The highest BCUT2D eigenvalue weighted by Crippen LogP contribution is 2.26. The Morgan fingerprint density at radius 2 is 2.12 bits per heavy atom. The van der Waals surface area contributed by atoms with Crippen LogP contribution in [0.5, 0.6) is 0 Å². The molecule has 2 aromatic heterocycles. The number of hydrogen-bond donors (Lipinski definition) is 1. The van der Waals surface area contributed by atoms with E-state index < -0.39 is 6.10 Å². The molecule has 1 unspecified atom stereocenters. The number of aliphatic hydroxyl groups excluding tert-OH is 1. The molecule has 0 saturated heterocycles. The van der Waals surface area contributed by atoms with Gasteiger partial charge in [-0.3, -0.25) is 0 Å². The molecule has 3 aromatic rings. The van der Waals surface area contributed by atoms with Crippen LogP contribution in [0.4, 0.5) is 0 Å². The average molecular weight is 230 g/mol. The van der Waals surface area contributed by atoms with Gasteiger partial charge in [0.05, 0.1) is 0 Å². The largest absolute Gasteiger partial charge is 0.453 e. The summed E-state index contributed by atoms with van der Waals surface area (Å²) in [7, 11) is 0. The number of aromatic nitrogens is 2. The van der Waals surface area contributed by atoms with E-state index in [4.69, 9.17) is 8.94 Å². The molecule has 17 heavy (non-hydrogen) atoms. The lowest BCUT2D eigenvalue weighted by Gasteiger charge is -1.91. The van der Waals surface area contributed by atoms with Gasteiger partial charge in [-0.2, -0.15) is 4.98 Å². The van der Waals surface area contributed by atoms with Gasteiger partial charge in [0.15, 0.2) is 5.76 Å². The molecular weight excluding hydrogens is 220 g/mol. The maximum Gasteiger partial charge on any atom is 0.255 e. The highest BCUT2D eigenvalue weighted by Gasteiger charge is 2.15. The van der Waals surface area contributed by atoms with E-state index in [1.807, 2.05) is 30.3 Å². The van der Waals surface area contributed by atoms with Gasteiger partial charge in [0.25, 0.3) is 5.89 Å². The van der Waals surface area contributed by atoms with Crippen molar-refractivity contribution < 1.29 is 14.0 Å². The second-order valence-electron chi connectivity index (χ2n) is 3.78. The van der Waals surface area contributed by atoms with Crippen molar-refractivity contribution in [3.8, 4) is 11.6 Å². The molecule has 0 fully saturated rings. The van der Waals surface area contributed by atoms with Gasteiger partial charge >= 0.3 is 0 Å². The zero-order valence-electron chi connectivity index (χ0n) is 9.12. The van der Waals surface area contributed by atoms with Crippen molar-refractivity contribution in [3.05, 3.63) is 36.2 Å². The SMILES string of the molecule is CC(O)c1nc(-c2cc3ccccc3o2)no1. The maximum absolute atomic E-state index is 9.30. The van der Waals surface area contributed by atoms with E-state index in [9.17, 15) is 5.11 Å². The molecular formula is C12H10N2O3. The number of aliphatic hydroxyl groups is 1. The van der Waals surface area contributed by atoms with Gasteiger partial charge in [0.1, 0.15) is 11.7 Å². The average Bonchev–Trinajstić information content (AvgIpc) is 2.95. The molecule has 1 atom stereocenters. The summed E-state index contributed by atoms with van der Waals surface area (Å²) in [5.74, 6) is 1.06. The molecule has 2 heterocycles. The second-order valence-corrected chi connectivity index (χ2v) is 3.78. The molecule has 1 N–H and O–H groups in total. The van der Waals surface area contributed by atoms with Crippen LogP contribution in [0.25, 0.3) is 22.6 Å². The topological polar surface area (TPSA) is 72.3 Å². The van der Waals surface area contributed by atoms with Crippen LogP contribution in [0.2, 0.25) is 0 Å². The Hall–Kier alpha value is -2.14. The molecule has 0 saturated carbocycles. The fourth-order valence-electron chi connectivity index (χ4n) is 1.60. The summed E-state index contributed by atoms with van der Waals surface area (Å²) in [6.45, 7) is 1.57. The fraction of sp³-hybridized carbons (Fsp3) is 0.167. The number of nitrogens with zero attached hydrogens (tertiary/aromatic N) is 2. The highest BCUT2D eigenvalue weighted by molar-refractivity contribution is 5.81. The Kier molecular flexibility index (Phi) is 2.19.